The van der Waals surface area contributed by atoms with Gasteiger partial charge in [-0.15, -0.1) is 0 Å². The quantitative estimate of drug-likeness (QED) is 0.0362. The van der Waals surface area contributed by atoms with Crippen molar-refractivity contribution in [3.8, 4) is 67.2 Å². The van der Waals surface area contributed by atoms with Gasteiger partial charge in [-0.2, -0.15) is 15.3 Å². The molecule has 0 atom stereocenters. The number of urea groups is 3. The fourth-order valence-corrected chi connectivity index (χ4v) is 10.3. The molecule has 12 aromatic rings. The largest absolute Gasteiger partial charge is 0.364 e. The Morgan fingerprint density at radius 3 is 1.11 bits per heavy atom. The minimum atomic E-state index is -0.692. The number of carbonyl (C=O) groups is 6. The lowest BCUT2D eigenvalue weighted by molar-refractivity contribution is 0.0987. The van der Waals surface area contributed by atoms with Crippen molar-refractivity contribution in [3.05, 3.63) is 252 Å². The summed E-state index contributed by atoms with van der Waals surface area (Å²) in [6.45, 7) is 7.38. The van der Waals surface area contributed by atoms with Gasteiger partial charge in [0.05, 0.1) is 16.4 Å². The highest BCUT2D eigenvalue weighted by Gasteiger charge is 2.24. The normalized spacial score (nSPS) is 10.7. The van der Waals surface area contributed by atoms with Gasteiger partial charge in [0, 0.05) is 130 Å². The third kappa shape index (κ3) is 17.6. The third-order valence-corrected chi connectivity index (χ3v) is 15.4. The summed E-state index contributed by atoms with van der Waals surface area (Å²) in [7, 11) is 0. The molecule has 12 rings (SSSR count). The molecule has 6 aromatic heterocycles. The number of hydrogen-bond donors (Lipinski definition) is 9. The van der Waals surface area contributed by atoms with Gasteiger partial charge in [-0.05, 0) is 160 Å². The highest BCUT2D eigenvalue weighted by Crippen LogP contribution is 2.40. The second-order valence-corrected chi connectivity index (χ2v) is 22.3. The summed E-state index contributed by atoms with van der Waals surface area (Å²) in [5, 5.41) is 29.5. The van der Waals surface area contributed by atoms with Crippen LogP contribution in [0.4, 0.5) is 70.5 Å². The molecule has 0 bridgehead atoms. The van der Waals surface area contributed by atoms with Crippen LogP contribution >= 0.6 is 11.6 Å². The molecule has 12 N–H and O–H groups in total. The predicted molar refractivity (Wildman–Crippen MR) is 377 cm³/mol. The summed E-state index contributed by atoms with van der Waals surface area (Å²) in [5.41, 5.74) is 24.0. The Hall–Kier alpha value is -13.4. The van der Waals surface area contributed by atoms with E-state index in [1.807, 2.05) is 33.0 Å². The van der Waals surface area contributed by atoms with Gasteiger partial charge in [-0.1, -0.05) is 35.9 Å². The second-order valence-electron chi connectivity index (χ2n) is 21.9. The first-order chi connectivity index (χ1) is 49.0. The third-order valence-electron chi connectivity index (χ3n) is 15.0. The maximum Gasteiger partial charge on any atom is 0.323 e. The van der Waals surface area contributed by atoms with E-state index in [1.165, 1.54) is 128 Å². The second kappa shape index (κ2) is 32.3. The van der Waals surface area contributed by atoms with E-state index < -0.39 is 64.9 Å². The molecule has 6 aromatic carbocycles. The van der Waals surface area contributed by atoms with Crippen molar-refractivity contribution in [1.29, 1.82) is 0 Å². The van der Waals surface area contributed by atoms with Crippen molar-refractivity contribution in [2.24, 2.45) is 17.2 Å². The number of aromatic nitrogens is 9. The molecule has 102 heavy (non-hydrogen) atoms. The van der Waals surface area contributed by atoms with Crippen molar-refractivity contribution in [2.75, 3.05) is 31.9 Å². The Kier molecular flexibility index (Phi) is 22.6. The van der Waals surface area contributed by atoms with E-state index in [2.05, 4.69) is 62.1 Å². The first kappa shape index (κ1) is 71.3. The van der Waals surface area contributed by atoms with Crippen LogP contribution in [0.5, 0.6) is 0 Å². The number of aryl methyl sites for hydroxylation is 3. The lowest BCUT2D eigenvalue weighted by Crippen LogP contribution is -2.20. The van der Waals surface area contributed by atoms with Crippen LogP contribution in [-0.4, -0.2) is 80.1 Å². The van der Waals surface area contributed by atoms with Crippen LogP contribution in [0.1, 0.15) is 52.2 Å². The van der Waals surface area contributed by atoms with Crippen molar-refractivity contribution in [3.63, 3.8) is 0 Å². The molecule has 6 heterocycles. The summed E-state index contributed by atoms with van der Waals surface area (Å²) in [6.07, 6.45) is 9.55. The summed E-state index contributed by atoms with van der Waals surface area (Å²) < 4.78 is 74.6. The molecule has 24 nitrogen and oxygen atoms in total. The van der Waals surface area contributed by atoms with Crippen LogP contribution < -0.4 is 49.1 Å². The maximum atomic E-state index is 15.5. The lowest BCUT2D eigenvalue weighted by Gasteiger charge is -2.12. The van der Waals surface area contributed by atoms with Crippen molar-refractivity contribution < 1.29 is 50.7 Å². The van der Waals surface area contributed by atoms with E-state index >= 15 is 4.39 Å². The van der Waals surface area contributed by atoms with E-state index in [1.54, 1.807) is 75.0 Å². The Morgan fingerprint density at radius 1 is 0.382 bits per heavy atom. The Morgan fingerprint density at radius 2 is 0.716 bits per heavy atom. The number of hydrogen-bond acceptors (Lipinski definition) is 12. The number of nitrogens with one attached hydrogen (secondary N) is 6. The number of benzene rings is 6. The van der Waals surface area contributed by atoms with Crippen LogP contribution in [0, 0.1) is 29.1 Å². The van der Waals surface area contributed by atoms with Gasteiger partial charge in [0.15, 0.2) is 5.82 Å². The summed E-state index contributed by atoms with van der Waals surface area (Å²) in [5.74, 6) is -4.48. The van der Waals surface area contributed by atoms with Gasteiger partial charge < -0.3 is 49.1 Å². The molecule has 0 fully saturated rings. The number of primary amides is 3. The van der Waals surface area contributed by atoms with E-state index in [0.717, 1.165) is 0 Å². The molecule has 0 saturated carbocycles. The maximum absolute atomic E-state index is 15.5. The van der Waals surface area contributed by atoms with E-state index in [-0.39, 0.29) is 33.9 Å². The number of carbonyl (C=O) groups excluding carboxylic acids is 6. The number of rotatable bonds is 18. The molecule has 0 saturated heterocycles. The van der Waals surface area contributed by atoms with E-state index in [0.29, 0.717) is 109 Å². The Balaban J connectivity index is 0.000000165. The molecular formula is C72H60ClF5N18O6. The van der Waals surface area contributed by atoms with E-state index in [4.69, 9.17) is 28.8 Å². The molecule has 0 unspecified atom stereocenters. The van der Waals surface area contributed by atoms with Gasteiger partial charge in [0.2, 0.25) is 0 Å². The highest BCUT2D eigenvalue weighted by atomic mass is 35.5. The summed E-state index contributed by atoms with van der Waals surface area (Å²) >= 11 is 6.69. The molecule has 9 amide bonds. The number of pyridine rings is 3. The number of nitrogens with two attached hydrogens (primary N) is 3. The first-order valence-electron chi connectivity index (χ1n) is 30.9. The molecule has 0 aliphatic heterocycles. The predicted octanol–water partition coefficient (Wildman–Crippen LogP) is 14.5. The number of anilines is 6. The van der Waals surface area contributed by atoms with Crippen LogP contribution in [-0.2, 0) is 19.6 Å². The Labute approximate surface area is 582 Å². The Bertz CT molecular complexity index is 4760. The SMILES string of the molecule is CCn1cc(-c2cc(NC(=O)Nc3ccc(F)cc3)ccc2F)c(-c2ccnc(C(N)=O)c2)n1.CCn1cc(-c2cccc(NC(=O)Nc3ccc(F)cc3)c2Cl)c(-c2ccnc(C(N)=O)c2)n1.CCn1cc(-c2cccc(NC(=O)Nc3ccc(F)cc3)c2F)c(-c2ccnc(C(N)=O)c2)n1. The molecule has 516 valence electrons. The number of nitrogens with zero attached hydrogens (tertiary/aromatic N) is 9. The zero-order valence-corrected chi connectivity index (χ0v) is 54.9. The minimum absolute atomic E-state index is 0.0557. The van der Waals surface area contributed by atoms with Crippen LogP contribution in [0.25, 0.3) is 67.2 Å². The number of halogens is 6. The molecule has 30 heteroatoms. The van der Waals surface area contributed by atoms with E-state index in [9.17, 15) is 46.3 Å². The number of amides is 9. The van der Waals surface area contributed by atoms with Gasteiger partial charge in [0.25, 0.3) is 17.7 Å². The molecule has 0 aliphatic rings. The van der Waals surface area contributed by atoms with Gasteiger partial charge >= 0.3 is 18.1 Å². The van der Waals surface area contributed by atoms with Crippen LogP contribution in [0.2, 0.25) is 5.02 Å². The molecule has 0 spiro atoms. The van der Waals surface area contributed by atoms with Gasteiger partial charge in [-0.25, -0.2) is 36.3 Å². The standard InChI is InChI=1S/C24H20ClFN6O2.2C24H20F2N6O2/c1-2-32-13-18(22(31-32)14-10-11-28-20(12-14)23(27)33)17-4-3-5-19(21(17)25)30-24(34)29-16-8-6-15(26)7-9-16;1-2-32-13-19(22(31-32)14-9-10-28-21(11-14)23(27)33)18-12-17(7-8-20(18)26)30-24(34)29-16-5-3-15(25)4-6-16;1-2-32-13-18(22(31-32)14-10-11-28-20(12-14)23(27)33)17-4-3-5-19(21(17)26)30-24(34)29-16-8-6-15(25)7-9-16/h3*3-13H,2H2,1H3,(H2,27,33)(H2,29,30,34). The molecule has 0 radical (unpaired) electrons. The fourth-order valence-electron chi connectivity index (χ4n) is 10.1. The summed E-state index contributed by atoms with van der Waals surface area (Å²) in [6, 6.07) is 37.6. The van der Waals surface area contributed by atoms with Crippen molar-refractivity contribution in [2.45, 2.75) is 40.4 Å². The minimum Gasteiger partial charge on any atom is -0.364 e. The monoisotopic (exact) mass is 1400 g/mol. The first-order valence-corrected chi connectivity index (χ1v) is 31.3. The summed E-state index contributed by atoms with van der Waals surface area (Å²) in [4.78, 5) is 83.8. The highest BCUT2D eigenvalue weighted by molar-refractivity contribution is 6.36. The molecule has 0 aliphatic carbocycles. The lowest BCUT2D eigenvalue weighted by atomic mass is 10.0. The fraction of sp³-hybridized carbons (Fsp3) is 0.0833. The van der Waals surface area contributed by atoms with Crippen molar-refractivity contribution >= 4 is 81.5 Å². The van der Waals surface area contributed by atoms with Crippen molar-refractivity contribution in [1.82, 2.24) is 44.3 Å². The van der Waals surface area contributed by atoms with Gasteiger partial charge in [0.1, 0.15) is 57.4 Å². The van der Waals surface area contributed by atoms with Gasteiger partial charge in [-0.3, -0.25) is 43.4 Å². The zero-order chi connectivity index (χ0) is 72.7. The smallest absolute Gasteiger partial charge is 0.323 e. The van der Waals surface area contributed by atoms with Crippen LogP contribution in [0.15, 0.2) is 201 Å². The zero-order valence-electron chi connectivity index (χ0n) is 54.1. The van der Waals surface area contributed by atoms with Crippen LogP contribution in [0.3, 0.4) is 0 Å². The average Bonchev–Trinajstić information content (AvgIpc) is 1.63. The average molecular weight is 1400 g/mol. The molecular weight excluding hydrogens is 1340 g/mol. The topological polar surface area (TPSA) is 345 Å².